The second kappa shape index (κ2) is 9.46. The zero-order valence-electron chi connectivity index (χ0n) is 11.9. The third-order valence-corrected chi connectivity index (χ3v) is 2.89. The Morgan fingerprint density at radius 2 is 1.71 bits per heavy atom. The lowest BCUT2D eigenvalue weighted by Crippen LogP contribution is -2.37. The topological polar surface area (TPSA) is 35.5 Å². The molecule has 0 saturated carbocycles. The van der Waals surface area contributed by atoms with E-state index in [1.165, 1.54) is 13.3 Å². The summed E-state index contributed by atoms with van der Waals surface area (Å²) in [4.78, 5) is 11.2. The number of carbonyl (C=O) groups is 1. The van der Waals surface area contributed by atoms with Gasteiger partial charge in [0.15, 0.2) is 0 Å². The Morgan fingerprint density at radius 1 is 1.06 bits per heavy atom. The highest BCUT2D eigenvalue weighted by Gasteiger charge is 2.31. The van der Waals surface area contributed by atoms with E-state index in [-0.39, 0.29) is 5.97 Å². The van der Waals surface area contributed by atoms with Crippen molar-refractivity contribution in [2.75, 3.05) is 6.61 Å². The van der Waals surface area contributed by atoms with Crippen molar-refractivity contribution in [3.05, 3.63) is 0 Å². The molecule has 3 heteroatoms. The van der Waals surface area contributed by atoms with Gasteiger partial charge in [0, 0.05) is 19.8 Å². The average molecular weight is 244 g/mol. The van der Waals surface area contributed by atoms with Gasteiger partial charge in [-0.3, -0.25) is 4.79 Å². The first-order valence-corrected chi connectivity index (χ1v) is 6.93. The highest BCUT2D eigenvalue weighted by Crippen LogP contribution is 2.25. The summed E-state index contributed by atoms with van der Waals surface area (Å²) in [6.07, 6.45) is 6.99. The Balaban J connectivity index is 4.27. The van der Waals surface area contributed by atoms with E-state index >= 15 is 0 Å². The molecule has 0 aromatic heterocycles. The molecule has 0 aromatic rings. The lowest BCUT2D eigenvalue weighted by Gasteiger charge is -2.32. The fraction of sp³-hybridized carbons (Fsp3) is 0.929. The molecule has 102 valence electrons. The lowest BCUT2D eigenvalue weighted by atomic mass is 10.1. The van der Waals surface area contributed by atoms with Crippen LogP contribution in [0.15, 0.2) is 0 Å². The van der Waals surface area contributed by atoms with Gasteiger partial charge in [0.05, 0.1) is 6.61 Å². The molecule has 0 N–H and O–H groups in total. The van der Waals surface area contributed by atoms with Gasteiger partial charge in [0.1, 0.15) is 0 Å². The summed E-state index contributed by atoms with van der Waals surface area (Å²) >= 11 is 0. The first-order chi connectivity index (χ1) is 8.10. The van der Waals surface area contributed by atoms with E-state index in [0.29, 0.717) is 6.61 Å². The van der Waals surface area contributed by atoms with Crippen molar-refractivity contribution in [2.24, 2.45) is 0 Å². The SMILES string of the molecule is CCCCCOC(CC)(CCCC)OC(C)=O. The van der Waals surface area contributed by atoms with Gasteiger partial charge < -0.3 is 9.47 Å². The number of hydrogen-bond acceptors (Lipinski definition) is 3. The third kappa shape index (κ3) is 7.37. The first kappa shape index (κ1) is 16.4. The zero-order valence-corrected chi connectivity index (χ0v) is 11.9. The maximum Gasteiger partial charge on any atom is 0.305 e. The summed E-state index contributed by atoms with van der Waals surface area (Å²) in [5.74, 6) is -0.936. The van der Waals surface area contributed by atoms with Crippen LogP contribution in [-0.4, -0.2) is 18.4 Å². The molecule has 0 saturated heterocycles. The Bertz CT molecular complexity index is 204. The third-order valence-electron chi connectivity index (χ3n) is 2.89. The van der Waals surface area contributed by atoms with Crippen LogP contribution in [0.3, 0.4) is 0 Å². The number of carbonyl (C=O) groups excluding carboxylic acids is 1. The van der Waals surface area contributed by atoms with E-state index < -0.39 is 5.79 Å². The van der Waals surface area contributed by atoms with Crippen LogP contribution < -0.4 is 0 Å². The van der Waals surface area contributed by atoms with Crippen LogP contribution in [0.4, 0.5) is 0 Å². The highest BCUT2D eigenvalue weighted by molar-refractivity contribution is 5.66. The van der Waals surface area contributed by atoms with Crippen molar-refractivity contribution in [1.29, 1.82) is 0 Å². The molecule has 0 radical (unpaired) electrons. The smallest absolute Gasteiger partial charge is 0.305 e. The molecule has 0 bridgehead atoms. The minimum Gasteiger partial charge on any atom is -0.433 e. The number of ether oxygens (including phenoxy) is 2. The molecule has 0 aliphatic rings. The van der Waals surface area contributed by atoms with E-state index in [4.69, 9.17) is 9.47 Å². The first-order valence-electron chi connectivity index (χ1n) is 6.93. The molecule has 0 aliphatic heterocycles. The van der Waals surface area contributed by atoms with Gasteiger partial charge in [-0.1, -0.05) is 40.0 Å². The fourth-order valence-corrected chi connectivity index (χ4v) is 1.82. The van der Waals surface area contributed by atoms with E-state index in [9.17, 15) is 4.79 Å². The molecule has 0 amide bonds. The predicted molar refractivity (Wildman–Crippen MR) is 69.8 cm³/mol. The van der Waals surface area contributed by atoms with Crippen molar-refractivity contribution in [2.45, 2.75) is 78.4 Å². The van der Waals surface area contributed by atoms with Crippen molar-refractivity contribution in [1.82, 2.24) is 0 Å². The van der Waals surface area contributed by atoms with Crippen molar-refractivity contribution < 1.29 is 14.3 Å². The molecule has 0 heterocycles. The summed E-state index contributed by atoms with van der Waals surface area (Å²) < 4.78 is 11.3. The van der Waals surface area contributed by atoms with Gasteiger partial charge in [-0.2, -0.15) is 0 Å². The lowest BCUT2D eigenvalue weighted by molar-refractivity contribution is -0.236. The Labute approximate surface area is 106 Å². The zero-order chi connectivity index (χ0) is 13.1. The molecule has 0 spiro atoms. The number of unbranched alkanes of at least 4 members (excludes halogenated alkanes) is 3. The molecule has 1 unspecified atom stereocenters. The van der Waals surface area contributed by atoms with Gasteiger partial charge >= 0.3 is 5.97 Å². The van der Waals surface area contributed by atoms with Gasteiger partial charge in [-0.05, 0) is 12.8 Å². The number of rotatable bonds is 10. The monoisotopic (exact) mass is 244 g/mol. The van der Waals surface area contributed by atoms with Crippen LogP contribution in [0, 0.1) is 0 Å². The van der Waals surface area contributed by atoms with E-state index in [1.54, 1.807) is 0 Å². The fourth-order valence-electron chi connectivity index (χ4n) is 1.82. The van der Waals surface area contributed by atoms with E-state index in [1.807, 2.05) is 6.92 Å². The maximum atomic E-state index is 11.2. The number of esters is 1. The van der Waals surface area contributed by atoms with Crippen LogP contribution >= 0.6 is 0 Å². The molecule has 0 rings (SSSR count). The van der Waals surface area contributed by atoms with Crippen molar-refractivity contribution in [3.63, 3.8) is 0 Å². The minimum atomic E-state index is -0.685. The summed E-state index contributed by atoms with van der Waals surface area (Å²) in [5.41, 5.74) is 0. The maximum absolute atomic E-state index is 11.2. The number of hydrogen-bond donors (Lipinski definition) is 0. The van der Waals surface area contributed by atoms with E-state index in [0.717, 1.165) is 38.5 Å². The van der Waals surface area contributed by atoms with Crippen molar-refractivity contribution in [3.8, 4) is 0 Å². The Kier molecular flexibility index (Phi) is 9.14. The van der Waals surface area contributed by atoms with Gasteiger partial charge in [-0.15, -0.1) is 0 Å². The van der Waals surface area contributed by atoms with Crippen LogP contribution in [0.5, 0.6) is 0 Å². The largest absolute Gasteiger partial charge is 0.433 e. The van der Waals surface area contributed by atoms with Gasteiger partial charge in [0.2, 0.25) is 5.79 Å². The summed E-state index contributed by atoms with van der Waals surface area (Å²) in [6.45, 7) is 8.43. The van der Waals surface area contributed by atoms with Crippen LogP contribution in [-0.2, 0) is 14.3 Å². The summed E-state index contributed by atoms with van der Waals surface area (Å²) in [6, 6.07) is 0. The van der Waals surface area contributed by atoms with E-state index in [2.05, 4.69) is 13.8 Å². The normalized spacial score (nSPS) is 14.4. The molecular weight excluding hydrogens is 216 g/mol. The second-order valence-corrected chi connectivity index (χ2v) is 4.52. The molecule has 1 atom stereocenters. The summed E-state index contributed by atoms with van der Waals surface area (Å²) in [5, 5.41) is 0. The Morgan fingerprint density at radius 3 is 2.18 bits per heavy atom. The van der Waals surface area contributed by atoms with Crippen LogP contribution in [0.1, 0.15) is 72.6 Å². The second-order valence-electron chi connectivity index (χ2n) is 4.52. The Hall–Kier alpha value is -0.570. The average Bonchev–Trinajstić information content (AvgIpc) is 2.31. The minimum absolute atomic E-state index is 0.251. The standard InChI is InChI=1S/C14H28O3/c1-5-8-10-12-16-14(7-3,11-9-6-2)17-13(4)15/h5-12H2,1-4H3. The molecule has 17 heavy (non-hydrogen) atoms. The quantitative estimate of drug-likeness (QED) is 0.330. The molecule has 0 aliphatic carbocycles. The van der Waals surface area contributed by atoms with Gasteiger partial charge in [-0.25, -0.2) is 0 Å². The predicted octanol–water partition coefficient (Wildman–Crippen LogP) is 4.05. The van der Waals surface area contributed by atoms with Gasteiger partial charge in [0.25, 0.3) is 0 Å². The molecule has 0 aromatic carbocycles. The molecule has 3 nitrogen and oxygen atoms in total. The van der Waals surface area contributed by atoms with Crippen LogP contribution in [0.2, 0.25) is 0 Å². The molecular formula is C14H28O3. The van der Waals surface area contributed by atoms with Crippen LogP contribution in [0.25, 0.3) is 0 Å². The van der Waals surface area contributed by atoms with Crippen molar-refractivity contribution >= 4 is 5.97 Å². The highest BCUT2D eigenvalue weighted by atomic mass is 16.7. The molecule has 0 fully saturated rings. The summed E-state index contributed by atoms with van der Waals surface area (Å²) in [7, 11) is 0.